The van der Waals surface area contributed by atoms with Crippen LogP contribution in [0, 0.1) is 5.92 Å². The summed E-state index contributed by atoms with van der Waals surface area (Å²) < 4.78 is 19.3. The van der Waals surface area contributed by atoms with Gasteiger partial charge >= 0.3 is 13.2 Å². The normalized spacial score (nSPS) is 27.1. The Morgan fingerprint density at radius 1 is 0.857 bits per heavy atom. The van der Waals surface area contributed by atoms with Crippen molar-refractivity contribution in [2.45, 2.75) is 95.5 Å². The van der Waals surface area contributed by atoms with Crippen molar-refractivity contribution in [2.24, 2.45) is 5.92 Å². The third kappa shape index (κ3) is 4.75. The van der Waals surface area contributed by atoms with Crippen LogP contribution in [-0.2, 0) is 14.0 Å². The topological polar surface area (TPSA) is 48.0 Å². The summed E-state index contributed by atoms with van der Waals surface area (Å²) in [7, 11) is -0.504. The SMILES string of the molecule is CC1(C)OB([C@@H](CC2CCCCC2)N2C(=O)O[C@H](c3ccccc3)[C@@H]2c2ccccc2)OC1(C)C. The number of ether oxygens (including phenoxy) is 1. The number of nitrogens with zero attached hydrogens (tertiary/aromatic N) is 1. The van der Waals surface area contributed by atoms with Gasteiger partial charge in [0.15, 0.2) is 6.10 Å². The fraction of sp³-hybridized carbons (Fsp3) is 0.552. The molecule has 0 N–H and O–H groups in total. The van der Waals surface area contributed by atoms with E-state index in [-0.39, 0.29) is 24.2 Å². The first-order chi connectivity index (χ1) is 16.8. The van der Waals surface area contributed by atoms with Crippen LogP contribution in [0.5, 0.6) is 0 Å². The molecule has 0 aromatic heterocycles. The average Bonchev–Trinajstić information content (AvgIpc) is 3.31. The van der Waals surface area contributed by atoms with Crippen LogP contribution < -0.4 is 0 Å². The molecule has 2 aromatic carbocycles. The molecule has 1 aliphatic carbocycles. The molecular formula is C29H38BNO4. The number of hydrogen-bond acceptors (Lipinski definition) is 4. The highest BCUT2D eigenvalue weighted by Crippen LogP contribution is 2.48. The van der Waals surface area contributed by atoms with Gasteiger partial charge in [0, 0.05) is 0 Å². The van der Waals surface area contributed by atoms with Crippen molar-refractivity contribution in [3.8, 4) is 0 Å². The van der Waals surface area contributed by atoms with Gasteiger partial charge in [0.1, 0.15) is 6.04 Å². The lowest BCUT2D eigenvalue weighted by Gasteiger charge is -2.36. The number of cyclic esters (lactones) is 1. The molecule has 0 radical (unpaired) electrons. The lowest BCUT2D eigenvalue weighted by Crippen LogP contribution is -2.50. The van der Waals surface area contributed by atoms with E-state index in [4.69, 9.17) is 14.0 Å². The van der Waals surface area contributed by atoms with Crippen molar-refractivity contribution >= 4 is 13.2 Å². The fourth-order valence-electron chi connectivity index (χ4n) is 5.88. The molecule has 3 atom stereocenters. The first kappa shape index (κ1) is 24.4. The third-order valence-electron chi connectivity index (χ3n) is 8.54. The van der Waals surface area contributed by atoms with E-state index in [0.717, 1.165) is 17.5 Å². The molecule has 5 rings (SSSR count). The molecule has 0 spiro atoms. The summed E-state index contributed by atoms with van der Waals surface area (Å²) >= 11 is 0. The fourth-order valence-corrected chi connectivity index (χ4v) is 5.88. The molecule has 1 saturated carbocycles. The maximum Gasteiger partial charge on any atom is 0.482 e. The van der Waals surface area contributed by atoms with E-state index in [1.807, 2.05) is 53.4 Å². The highest BCUT2D eigenvalue weighted by molar-refractivity contribution is 6.48. The van der Waals surface area contributed by atoms with Gasteiger partial charge < -0.3 is 14.0 Å². The minimum atomic E-state index is -0.504. The van der Waals surface area contributed by atoms with E-state index in [2.05, 4.69) is 39.8 Å². The summed E-state index contributed by atoms with van der Waals surface area (Å²) in [5.41, 5.74) is 1.14. The van der Waals surface area contributed by atoms with E-state index >= 15 is 0 Å². The molecule has 3 aliphatic rings. The van der Waals surface area contributed by atoms with E-state index in [1.54, 1.807) is 0 Å². The quantitative estimate of drug-likeness (QED) is 0.427. The summed E-state index contributed by atoms with van der Waals surface area (Å²) in [6, 6.07) is 20.1. The number of rotatable bonds is 6. The molecule has 2 aliphatic heterocycles. The zero-order valence-electron chi connectivity index (χ0n) is 21.5. The van der Waals surface area contributed by atoms with E-state index in [9.17, 15) is 4.79 Å². The summed E-state index contributed by atoms with van der Waals surface area (Å²) in [6.45, 7) is 8.31. The zero-order chi connectivity index (χ0) is 24.6. The molecule has 2 aromatic rings. The van der Waals surface area contributed by atoms with Gasteiger partial charge in [0.05, 0.1) is 17.1 Å². The van der Waals surface area contributed by atoms with Crippen molar-refractivity contribution in [1.29, 1.82) is 0 Å². The lowest BCUT2D eigenvalue weighted by atomic mass is 9.69. The van der Waals surface area contributed by atoms with Crippen LogP contribution in [0.15, 0.2) is 60.7 Å². The summed E-state index contributed by atoms with van der Waals surface area (Å²) in [5, 5.41) is 0. The van der Waals surface area contributed by atoms with Gasteiger partial charge in [0.25, 0.3) is 0 Å². The van der Waals surface area contributed by atoms with Crippen LogP contribution >= 0.6 is 0 Å². The van der Waals surface area contributed by atoms with Crippen molar-refractivity contribution in [2.75, 3.05) is 0 Å². The monoisotopic (exact) mass is 475 g/mol. The van der Waals surface area contributed by atoms with Gasteiger partial charge in [0.2, 0.25) is 0 Å². The van der Waals surface area contributed by atoms with E-state index < -0.39 is 18.3 Å². The molecule has 2 heterocycles. The Balaban J connectivity index is 1.55. The highest BCUT2D eigenvalue weighted by atomic mass is 16.7. The minimum absolute atomic E-state index is 0.231. The van der Waals surface area contributed by atoms with Crippen LogP contribution in [0.3, 0.4) is 0 Å². The lowest BCUT2D eigenvalue weighted by molar-refractivity contribution is 0.00578. The molecule has 0 unspecified atom stereocenters. The molecule has 6 heteroatoms. The molecule has 0 bridgehead atoms. The largest absolute Gasteiger partial charge is 0.482 e. The van der Waals surface area contributed by atoms with Gasteiger partial charge in [-0.25, -0.2) is 4.79 Å². The predicted molar refractivity (Wildman–Crippen MR) is 138 cm³/mol. The number of amides is 1. The van der Waals surface area contributed by atoms with Crippen molar-refractivity contribution in [1.82, 2.24) is 4.90 Å². The molecule has 3 fully saturated rings. The van der Waals surface area contributed by atoms with Crippen LogP contribution in [-0.4, -0.2) is 35.3 Å². The van der Waals surface area contributed by atoms with Gasteiger partial charge in [-0.15, -0.1) is 0 Å². The maximum atomic E-state index is 13.7. The van der Waals surface area contributed by atoms with Gasteiger partial charge in [-0.2, -0.15) is 0 Å². The van der Waals surface area contributed by atoms with E-state index in [1.165, 1.54) is 32.1 Å². The van der Waals surface area contributed by atoms with Gasteiger partial charge in [-0.1, -0.05) is 92.8 Å². The van der Waals surface area contributed by atoms with Crippen molar-refractivity contribution in [3.63, 3.8) is 0 Å². The maximum absolute atomic E-state index is 13.7. The first-order valence-corrected chi connectivity index (χ1v) is 13.2. The summed E-state index contributed by atoms with van der Waals surface area (Å²) in [6.07, 6.45) is 6.36. The van der Waals surface area contributed by atoms with Gasteiger partial charge in [-0.05, 0) is 51.2 Å². The van der Waals surface area contributed by atoms with Crippen LogP contribution in [0.2, 0.25) is 0 Å². The Kier molecular flexibility index (Phi) is 6.71. The third-order valence-corrected chi connectivity index (χ3v) is 8.54. The van der Waals surface area contributed by atoms with Crippen molar-refractivity contribution < 1.29 is 18.8 Å². The highest BCUT2D eigenvalue weighted by Gasteiger charge is 2.59. The second kappa shape index (κ2) is 9.63. The second-order valence-corrected chi connectivity index (χ2v) is 11.4. The summed E-state index contributed by atoms with van der Waals surface area (Å²) in [4.78, 5) is 15.6. The average molecular weight is 475 g/mol. The zero-order valence-corrected chi connectivity index (χ0v) is 21.5. The number of carbonyl (C=O) groups is 1. The molecule has 35 heavy (non-hydrogen) atoms. The molecule has 1 amide bonds. The number of carbonyl (C=O) groups excluding carboxylic acids is 1. The Hall–Kier alpha value is -2.31. The molecule has 5 nitrogen and oxygen atoms in total. The smallest absolute Gasteiger partial charge is 0.439 e. The van der Waals surface area contributed by atoms with Crippen LogP contribution in [0.1, 0.15) is 89.5 Å². The second-order valence-electron chi connectivity index (χ2n) is 11.4. The Labute approximate surface area is 210 Å². The molecule has 2 saturated heterocycles. The number of hydrogen-bond donors (Lipinski definition) is 0. The minimum Gasteiger partial charge on any atom is -0.439 e. The molecule has 186 valence electrons. The standard InChI is InChI=1S/C29H38BNO4/c1-28(2)29(3,4)35-30(34-28)24(20-21-14-8-5-9-15-21)31-25(22-16-10-6-11-17-22)26(33-27(31)32)23-18-12-7-13-19-23/h6-7,10-13,16-19,21,24-26H,5,8-9,14-15,20H2,1-4H3/t24-,25+,26-/m1/s1. The Morgan fingerprint density at radius 3 is 1.97 bits per heavy atom. The van der Waals surface area contributed by atoms with E-state index in [0.29, 0.717) is 5.92 Å². The Morgan fingerprint density at radius 2 is 1.40 bits per heavy atom. The number of benzene rings is 2. The van der Waals surface area contributed by atoms with Crippen molar-refractivity contribution in [3.05, 3.63) is 71.8 Å². The predicted octanol–water partition coefficient (Wildman–Crippen LogP) is 6.89. The van der Waals surface area contributed by atoms with Crippen LogP contribution in [0.25, 0.3) is 0 Å². The summed E-state index contributed by atoms with van der Waals surface area (Å²) in [5.74, 6) is 0.318. The van der Waals surface area contributed by atoms with Gasteiger partial charge in [-0.3, -0.25) is 4.90 Å². The Bertz CT molecular complexity index is 990. The molecular weight excluding hydrogens is 437 g/mol. The van der Waals surface area contributed by atoms with Crippen LogP contribution in [0.4, 0.5) is 4.79 Å². The first-order valence-electron chi connectivity index (χ1n) is 13.2.